The average molecular weight is 566 g/mol. The van der Waals surface area contributed by atoms with E-state index in [1.54, 1.807) is 25.7 Å². The van der Waals surface area contributed by atoms with Gasteiger partial charge < -0.3 is 20.3 Å². The van der Waals surface area contributed by atoms with Crippen molar-refractivity contribution < 1.29 is 19.1 Å². The van der Waals surface area contributed by atoms with Gasteiger partial charge in [0, 0.05) is 12.2 Å². The summed E-state index contributed by atoms with van der Waals surface area (Å²) in [5.41, 5.74) is 2.62. The highest BCUT2D eigenvalue weighted by atomic mass is 16.6. The van der Waals surface area contributed by atoms with E-state index in [1.807, 2.05) is 76.2 Å². The first-order chi connectivity index (χ1) is 19.4. The maximum atomic E-state index is 14.5. The fraction of sp³-hybridized carbons (Fsp3) is 0.559. The van der Waals surface area contributed by atoms with E-state index in [4.69, 9.17) is 4.74 Å². The third-order valence-corrected chi connectivity index (χ3v) is 7.38. The molecule has 7 nitrogen and oxygen atoms in total. The van der Waals surface area contributed by atoms with E-state index >= 15 is 0 Å². The summed E-state index contributed by atoms with van der Waals surface area (Å²) in [6.07, 6.45) is 5.03. The number of rotatable bonds is 14. The fourth-order valence-corrected chi connectivity index (χ4v) is 4.81. The van der Waals surface area contributed by atoms with Gasteiger partial charge in [-0.05, 0) is 69.7 Å². The number of amides is 3. The number of hydrogen-bond acceptors (Lipinski definition) is 4. The van der Waals surface area contributed by atoms with Gasteiger partial charge in [0.15, 0.2) is 0 Å². The molecular weight excluding hydrogens is 514 g/mol. The van der Waals surface area contributed by atoms with Crippen molar-refractivity contribution in [2.75, 3.05) is 11.9 Å². The van der Waals surface area contributed by atoms with Crippen molar-refractivity contribution in [2.45, 2.75) is 112 Å². The number of para-hydroxylation sites is 1. The molecule has 0 saturated heterocycles. The second kappa shape index (κ2) is 16.2. The lowest BCUT2D eigenvalue weighted by Gasteiger charge is -2.36. The van der Waals surface area contributed by atoms with E-state index in [0.717, 1.165) is 48.8 Å². The maximum Gasteiger partial charge on any atom is 0.408 e. The standard InChI is InChI=1S/C34H51N3O4/c1-9-11-12-13-18-23-37(32(39)29(24(3)10-2)36-33(40)41-34(6,7)8)30(27-21-16-14-19-25(27)4)31(38)35-28-22-17-15-20-26(28)5/h14-17,19-22,24,29-30H,9-13,18,23H2,1-8H3,(H,35,38)(H,36,40). The Kier molecular flexibility index (Phi) is 13.4. The van der Waals surface area contributed by atoms with Crippen molar-refractivity contribution in [3.63, 3.8) is 0 Å². The second-order valence-corrected chi connectivity index (χ2v) is 12.0. The summed E-state index contributed by atoms with van der Waals surface area (Å²) in [7, 11) is 0. The first-order valence-corrected chi connectivity index (χ1v) is 15.1. The molecule has 0 aliphatic carbocycles. The summed E-state index contributed by atoms with van der Waals surface area (Å²) in [6.45, 7) is 15.8. The minimum atomic E-state index is -0.874. The van der Waals surface area contributed by atoms with Crippen LogP contribution >= 0.6 is 0 Å². The van der Waals surface area contributed by atoms with Crippen LogP contribution in [0.5, 0.6) is 0 Å². The zero-order valence-corrected chi connectivity index (χ0v) is 26.4. The lowest BCUT2D eigenvalue weighted by atomic mass is 9.94. The first kappa shape index (κ1) is 33.9. The lowest BCUT2D eigenvalue weighted by Crippen LogP contribution is -2.55. The van der Waals surface area contributed by atoms with Gasteiger partial charge in [0.2, 0.25) is 5.91 Å². The smallest absolute Gasteiger partial charge is 0.408 e. The van der Waals surface area contributed by atoms with Gasteiger partial charge in [-0.15, -0.1) is 0 Å². The van der Waals surface area contributed by atoms with Gasteiger partial charge in [0.1, 0.15) is 17.7 Å². The fourth-order valence-electron chi connectivity index (χ4n) is 4.81. The highest BCUT2D eigenvalue weighted by Crippen LogP contribution is 2.29. The van der Waals surface area contributed by atoms with E-state index < -0.39 is 23.8 Å². The molecule has 3 atom stereocenters. The van der Waals surface area contributed by atoms with Gasteiger partial charge in [-0.25, -0.2) is 4.79 Å². The highest BCUT2D eigenvalue weighted by Gasteiger charge is 2.38. The third-order valence-electron chi connectivity index (χ3n) is 7.38. The second-order valence-electron chi connectivity index (χ2n) is 12.0. The van der Waals surface area contributed by atoms with Crippen molar-refractivity contribution in [1.29, 1.82) is 0 Å². The Morgan fingerprint density at radius 1 is 0.878 bits per heavy atom. The number of carbonyl (C=O) groups is 3. The molecule has 2 N–H and O–H groups in total. The molecule has 0 heterocycles. The van der Waals surface area contributed by atoms with Crippen molar-refractivity contribution >= 4 is 23.6 Å². The SMILES string of the molecule is CCCCCCCN(C(=O)C(NC(=O)OC(C)(C)C)C(C)CC)C(C(=O)Nc1ccccc1C)c1ccccc1C. The lowest BCUT2D eigenvalue weighted by molar-refractivity contribution is -0.142. The number of nitrogens with one attached hydrogen (secondary N) is 2. The van der Waals surface area contributed by atoms with Gasteiger partial charge in [0.25, 0.3) is 5.91 Å². The molecule has 2 aromatic carbocycles. The number of aryl methyl sites for hydroxylation is 2. The number of benzene rings is 2. The third kappa shape index (κ3) is 10.5. The van der Waals surface area contributed by atoms with Gasteiger partial charge in [-0.2, -0.15) is 0 Å². The van der Waals surface area contributed by atoms with Crippen LogP contribution in [0.1, 0.15) is 103 Å². The van der Waals surface area contributed by atoms with E-state index in [-0.39, 0.29) is 17.7 Å². The Balaban J connectivity index is 2.56. The summed E-state index contributed by atoms with van der Waals surface area (Å²) < 4.78 is 5.52. The summed E-state index contributed by atoms with van der Waals surface area (Å²) in [6, 6.07) is 13.6. The Morgan fingerprint density at radius 3 is 2.07 bits per heavy atom. The molecule has 226 valence electrons. The van der Waals surface area contributed by atoms with E-state index in [9.17, 15) is 14.4 Å². The number of hydrogen-bond donors (Lipinski definition) is 2. The number of alkyl carbamates (subject to hydrolysis) is 1. The molecule has 41 heavy (non-hydrogen) atoms. The Morgan fingerprint density at radius 2 is 1.49 bits per heavy atom. The molecule has 0 saturated carbocycles. The van der Waals surface area contributed by atoms with Gasteiger partial charge in [0.05, 0.1) is 0 Å². The molecular formula is C34H51N3O4. The first-order valence-electron chi connectivity index (χ1n) is 15.1. The normalized spacial score (nSPS) is 13.6. The molecule has 2 aromatic rings. The highest BCUT2D eigenvalue weighted by molar-refractivity contribution is 5.99. The monoisotopic (exact) mass is 565 g/mol. The van der Waals surface area contributed by atoms with Crippen LogP contribution in [0, 0.1) is 19.8 Å². The summed E-state index contributed by atoms with van der Waals surface area (Å²) in [5.74, 6) is -0.737. The molecule has 0 bridgehead atoms. The van der Waals surface area contributed by atoms with Crippen molar-refractivity contribution in [2.24, 2.45) is 5.92 Å². The van der Waals surface area contributed by atoms with Crippen molar-refractivity contribution in [3.05, 3.63) is 65.2 Å². The summed E-state index contributed by atoms with van der Waals surface area (Å²) >= 11 is 0. The number of unbranched alkanes of at least 4 members (excludes halogenated alkanes) is 4. The summed E-state index contributed by atoms with van der Waals surface area (Å²) in [4.78, 5) is 43.2. The van der Waals surface area contributed by atoms with E-state index in [2.05, 4.69) is 17.6 Å². The molecule has 0 aromatic heterocycles. The predicted octanol–water partition coefficient (Wildman–Crippen LogP) is 7.72. The van der Waals surface area contributed by atoms with E-state index in [1.165, 1.54) is 0 Å². The van der Waals surface area contributed by atoms with Crippen LogP contribution in [0.4, 0.5) is 10.5 Å². The van der Waals surface area contributed by atoms with Crippen LogP contribution in [0.15, 0.2) is 48.5 Å². The summed E-state index contributed by atoms with van der Waals surface area (Å²) in [5, 5.41) is 5.94. The Labute approximate surface area is 247 Å². The molecule has 0 spiro atoms. The largest absolute Gasteiger partial charge is 0.444 e. The molecule has 7 heteroatoms. The molecule has 3 unspecified atom stereocenters. The Bertz CT molecular complexity index is 1140. The zero-order chi connectivity index (χ0) is 30.6. The van der Waals surface area contributed by atoms with E-state index in [0.29, 0.717) is 18.7 Å². The quantitative estimate of drug-likeness (QED) is 0.230. The predicted molar refractivity (Wildman–Crippen MR) is 167 cm³/mol. The van der Waals surface area contributed by atoms with Crippen LogP contribution in [-0.2, 0) is 14.3 Å². The average Bonchev–Trinajstić information content (AvgIpc) is 2.91. The maximum absolute atomic E-state index is 14.5. The molecule has 3 amide bonds. The van der Waals surface area contributed by atoms with Gasteiger partial charge >= 0.3 is 6.09 Å². The van der Waals surface area contributed by atoms with Crippen LogP contribution < -0.4 is 10.6 Å². The molecule has 0 aliphatic heterocycles. The number of ether oxygens (including phenoxy) is 1. The minimum absolute atomic E-state index is 0.172. The van der Waals surface area contributed by atoms with Gasteiger partial charge in [-0.1, -0.05) is 95.3 Å². The van der Waals surface area contributed by atoms with Crippen LogP contribution in [0.2, 0.25) is 0 Å². The molecule has 0 fully saturated rings. The van der Waals surface area contributed by atoms with Crippen LogP contribution in [-0.4, -0.2) is 41.0 Å². The number of nitrogens with zero attached hydrogens (tertiary/aromatic N) is 1. The minimum Gasteiger partial charge on any atom is -0.444 e. The van der Waals surface area contributed by atoms with Crippen molar-refractivity contribution in [1.82, 2.24) is 10.2 Å². The number of anilines is 1. The molecule has 0 aliphatic rings. The van der Waals surface area contributed by atoms with Crippen LogP contribution in [0.25, 0.3) is 0 Å². The topological polar surface area (TPSA) is 87.7 Å². The van der Waals surface area contributed by atoms with Crippen LogP contribution in [0.3, 0.4) is 0 Å². The molecule has 0 radical (unpaired) electrons. The molecule has 2 rings (SSSR count). The number of carbonyl (C=O) groups excluding carboxylic acids is 3. The van der Waals surface area contributed by atoms with Crippen molar-refractivity contribution in [3.8, 4) is 0 Å². The Hall–Kier alpha value is -3.35. The van der Waals surface area contributed by atoms with Gasteiger partial charge in [-0.3, -0.25) is 9.59 Å². The zero-order valence-electron chi connectivity index (χ0n) is 26.4.